The second kappa shape index (κ2) is 13.5. The van der Waals surface area contributed by atoms with Gasteiger partial charge in [-0.15, -0.1) is 0 Å². The van der Waals surface area contributed by atoms with Crippen molar-refractivity contribution in [2.75, 3.05) is 51.3 Å². The minimum Gasteiger partial charge on any atom is -0.375 e. The van der Waals surface area contributed by atoms with Crippen molar-refractivity contribution in [2.24, 2.45) is 5.92 Å². The Morgan fingerprint density at radius 2 is 1.67 bits per heavy atom. The molecule has 0 aliphatic carbocycles. The largest absolute Gasteiger partial charge is 0.375 e. The maximum Gasteiger partial charge on any atom is 0.252 e. The number of carbonyl (C=O) groups is 2. The predicted molar refractivity (Wildman–Crippen MR) is 141 cm³/mol. The molecule has 0 saturated heterocycles. The third-order valence-electron chi connectivity index (χ3n) is 6.47. The number of benzene rings is 2. The molecule has 0 aromatic heterocycles. The van der Waals surface area contributed by atoms with Crippen molar-refractivity contribution in [2.45, 2.75) is 46.6 Å². The molecule has 1 heterocycles. The number of hydrogen-bond donors (Lipinski definition) is 0. The highest BCUT2D eigenvalue weighted by Gasteiger charge is 2.24. The summed E-state index contributed by atoms with van der Waals surface area (Å²) < 4.78 is 19.5. The zero-order valence-corrected chi connectivity index (χ0v) is 22.1. The van der Waals surface area contributed by atoms with Crippen LogP contribution in [0.25, 0.3) is 0 Å². The monoisotopic (exact) mass is 497 g/mol. The van der Waals surface area contributed by atoms with Crippen molar-refractivity contribution in [3.8, 4) is 0 Å². The Hall–Kier alpha value is -2.77. The first-order valence-electron chi connectivity index (χ1n) is 12.9. The van der Waals surface area contributed by atoms with E-state index in [4.69, 9.17) is 4.74 Å². The first kappa shape index (κ1) is 27.8. The maximum absolute atomic E-state index is 14.4. The molecule has 0 saturated carbocycles. The third kappa shape index (κ3) is 8.14. The van der Waals surface area contributed by atoms with E-state index in [1.54, 1.807) is 11.0 Å². The molecule has 196 valence electrons. The summed E-state index contributed by atoms with van der Waals surface area (Å²) in [6.07, 6.45) is 1.92. The van der Waals surface area contributed by atoms with Gasteiger partial charge in [-0.25, -0.2) is 4.39 Å². The number of nitrogens with zero attached hydrogens (tertiary/aromatic N) is 3. The number of halogens is 1. The van der Waals surface area contributed by atoms with Crippen LogP contribution in [0.2, 0.25) is 0 Å². The lowest BCUT2D eigenvalue weighted by Gasteiger charge is -2.32. The molecule has 7 heteroatoms. The number of fused-ring (bicyclic) bond motifs is 1. The van der Waals surface area contributed by atoms with Gasteiger partial charge in [0.2, 0.25) is 5.91 Å². The normalized spacial score (nSPS) is 15.8. The Kier molecular flexibility index (Phi) is 10.4. The Balaban J connectivity index is 1.94. The molecular formula is C29H40FN3O3. The van der Waals surface area contributed by atoms with Gasteiger partial charge in [-0.3, -0.25) is 9.59 Å². The van der Waals surface area contributed by atoms with Crippen molar-refractivity contribution in [3.05, 3.63) is 65.0 Å². The van der Waals surface area contributed by atoms with Crippen molar-refractivity contribution in [1.82, 2.24) is 9.80 Å². The maximum atomic E-state index is 14.4. The lowest BCUT2D eigenvalue weighted by Crippen LogP contribution is -2.41. The summed E-state index contributed by atoms with van der Waals surface area (Å²) in [5, 5.41) is 0. The van der Waals surface area contributed by atoms with Gasteiger partial charge in [-0.2, -0.15) is 0 Å². The minimum absolute atomic E-state index is 0.00342. The van der Waals surface area contributed by atoms with E-state index >= 15 is 0 Å². The van der Waals surface area contributed by atoms with Gasteiger partial charge in [-0.05, 0) is 68.1 Å². The number of rotatable bonds is 6. The van der Waals surface area contributed by atoms with Gasteiger partial charge >= 0.3 is 0 Å². The van der Waals surface area contributed by atoms with Crippen molar-refractivity contribution in [3.63, 3.8) is 0 Å². The van der Waals surface area contributed by atoms with E-state index < -0.39 is 0 Å². The lowest BCUT2D eigenvalue weighted by molar-refractivity contribution is -0.131. The molecule has 2 aromatic rings. The molecule has 1 aliphatic rings. The fourth-order valence-electron chi connectivity index (χ4n) is 4.76. The van der Waals surface area contributed by atoms with E-state index in [0.29, 0.717) is 30.3 Å². The molecule has 3 rings (SSSR count). The van der Waals surface area contributed by atoms with Crippen molar-refractivity contribution < 1.29 is 18.7 Å². The van der Waals surface area contributed by atoms with Crippen LogP contribution < -0.4 is 4.90 Å². The quantitative estimate of drug-likeness (QED) is 0.592. The predicted octanol–water partition coefficient (Wildman–Crippen LogP) is 4.44. The molecule has 0 fully saturated rings. The summed E-state index contributed by atoms with van der Waals surface area (Å²) in [4.78, 5) is 32.4. The zero-order chi connectivity index (χ0) is 26.1. The topological polar surface area (TPSA) is 53.1 Å². The number of aryl methyl sites for hydroxylation is 1. The molecule has 0 radical (unpaired) electrons. The highest BCUT2D eigenvalue weighted by atomic mass is 19.1. The van der Waals surface area contributed by atoms with Gasteiger partial charge in [-0.1, -0.05) is 43.7 Å². The van der Waals surface area contributed by atoms with Gasteiger partial charge < -0.3 is 19.4 Å². The molecule has 2 amide bonds. The van der Waals surface area contributed by atoms with Gasteiger partial charge in [0.1, 0.15) is 12.4 Å². The Morgan fingerprint density at radius 1 is 0.972 bits per heavy atom. The van der Waals surface area contributed by atoms with Crippen LogP contribution in [0.15, 0.2) is 42.5 Å². The number of amides is 2. The van der Waals surface area contributed by atoms with E-state index in [0.717, 1.165) is 43.6 Å². The Bertz CT molecular complexity index is 1010. The van der Waals surface area contributed by atoms with Crippen LogP contribution in [-0.2, 0) is 27.3 Å². The molecular weight excluding hydrogens is 457 g/mol. The summed E-state index contributed by atoms with van der Waals surface area (Å²) >= 11 is 0. The lowest BCUT2D eigenvalue weighted by atomic mass is 10.1. The Morgan fingerprint density at radius 3 is 2.33 bits per heavy atom. The second-order valence-electron chi connectivity index (χ2n) is 10.1. The molecule has 1 aliphatic heterocycles. The highest BCUT2D eigenvalue weighted by molar-refractivity contribution is 5.95. The van der Waals surface area contributed by atoms with Crippen LogP contribution in [0.3, 0.4) is 0 Å². The van der Waals surface area contributed by atoms with Crippen molar-refractivity contribution >= 4 is 17.5 Å². The van der Waals surface area contributed by atoms with Crippen LogP contribution in [0, 0.1) is 18.7 Å². The van der Waals surface area contributed by atoms with Gasteiger partial charge in [0, 0.05) is 39.0 Å². The molecule has 2 aromatic carbocycles. The van der Waals surface area contributed by atoms with Gasteiger partial charge in [0.15, 0.2) is 0 Å². The van der Waals surface area contributed by atoms with Gasteiger partial charge in [0.05, 0.1) is 6.42 Å². The molecule has 0 N–H and O–H groups in total. The summed E-state index contributed by atoms with van der Waals surface area (Å²) in [5.41, 5.74) is 3.38. The van der Waals surface area contributed by atoms with Gasteiger partial charge in [0.25, 0.3) is 5.91 Å². The Labute approximate surface area is 215 Å². The zero-order valence-electron chi connectivity index (χ0n) is 22.1. The fourth-order valence-corrected chi connectivity index (χ4v) is 4.76. The van der Waals surface area contributed by atoms with Crippen LogP contribution in [0.5, 0.6) is 0 Å². The first-order valence-corrected chi connectivity index (χ1v) is 12.9. The average Bonchev–Trinajstić information content (AvgIpc) is 2.82. The smallest absolute Gasteiger partial charge is 0.252 e. The molecule has 0 unspecified atom stereocenters. The molecule has 6 nitrogen and oxygen atoms in total. The highest BCUT2D eigenvalue weighted by Crippen LogP contribution is 2.25. The number of ether oxygens (including phenoxy) is 1. The average molecular weight is 498 g/mol. The van der Waals surface area contributed by atoms with Crippen LogP contribution in [0.4, 0.5) is 10.1 Å². The number of carbonyl (C=O) groups excluding carboxylic acids is 2. The summed E-state index contributed by atoms with van der Waals surface area (Å²) in [7, 11) is 1.50. The standard InChI is InChI=1S/C29H40FN3O3/c1-22(2)19-31-13-5-15-32(28(34)17-24-9-7-23(3)8-10-24)20-25-18-26(30)11-12-27(25)33(16-6-14-31)29(35)21-36-4/h7-12,18,22H,5-6,13-17,19-21H2,1-4H3. The summed E-state index contributed by atoms with van der Waals surface area (Å²) in [6, 6.07) is 12.4. The molecule has 0 bridgehead atoms. The van der Waals surface area contributed by atoms with E-state index in [2.05, 4.69) is 18.7 Å². The number of anilines is 1. The van der Waals surface area contributed by atoms with E-state index in [1.165, 1.54) is 19.2 Å². The SMILES string of the molecule is COCC(=O)N1CCCN(CC(C)C)CCCN(C(=O)Cc2ccc(C)cc2)Cc2cc(F)ccc21. The second-order valence-corrected chi connectivity index (χ2v) is 10.1. The van der Waals surface area contributed by atoms with Crippen LogP contribution >= 0.6 is 0 Å². The number of methoxy groups -OCH3 is 1. The fraction of sp³-hybridized carbons (Fsp3) is 0.517. The number of hydrogen-bond acceptors (Lipinski definition) is 4. The van der Waals surface area contributed by atoms with Crippen LogP contribution in [0.1, 0.15) is 43.4 Å². The summed E-state index contributed by atoms with van der Waals surface area (Å²) in [6.45, 7) is 10.4. The van der Waals surface area contributed by atoms with E-state index in [9.17, 15) is 14.0 Å². The van der Waals surface area contributed by atoms with Crippen LogP contribution in [-0.4, -0.2) is 68.1 Å². The van der Waals surface area contributed by atoms with E-state index in [1.807, 2.05) is 36.1 Å². The molecule has 0 atom stereocenters. The minimum atomic E-state index is -0.381. The third-order valence-corrected chi connectivity index (χ3v) is 6.47. The van der Waals surface area contributed by atoms with E-state index in [-0.39, 0.29) is 37.2 Å². The molecule has 0 spiro atoms. The summed E-state index contributed by atoms with van der Waals surface area (Å²) in [5.74, 6) is -0.0345. The molecule has 36 heavy (non-hydrogen) atoms. The first-order chi connectivity index (χ1) is 17.3. The van der Waals surface area contributed by atoms with Crippen molar-refractivity contribution in [1.29, 1.82) is 0 Å².